The van der Waals surface area contributed by atoms with Gasteiger partial charge in [-0.15, -0.1) is 10.2 Å². The van der Waals surface area contributed by atoms with Crippen LogP contribution in [0.2, 0.25) is 0 Å². The Labute approximate surface area is 115 Å². The van der Waals surface area contributed by atoms with E-state index in [0.717, 1.165) is 5.56 Å². The molecule has 3 N–H and O–H groups in total. The van der Waals surface area contributed by atoms with Crippen molar-refractivity contribution in [3.05, 3.63) is 24.3 Å². The third-order valence-corrected chi connectivity index (χ3v) is 3.39. The quantitative estimate of drug-likeness (QED) is 0.826. The molecule has 2 rings (SSSR count). The van der Waals surface area contributed by atoms with Crippen LogP contribution in [-0.4, -0.2) is 16.1 Å². The van der Waals surface area contributed by atoms with Gasteiger partial charge in [-0.1, -0.05) is 44.2 Å². The van der Waals surface area contributed by atoms with Gasteiger partial charge in [-0.2, -0.15) is 0 Å². The number of aromatic nitrogens is 2. The molecule has 0 aliphatic carbocycles. The summed E-state index contributed by atoms with van der Waals surface area (Å²) >= 11 is 1.31. The van der Waals surface area contributed by atoms with Crippen LogP contribution >= 0.6 is 11.3 Å². The molecule has 100 valence electrons. The molecule has 0 unspecified atom stereocenters. The van der Waals surface area contributed by atoms with Gasteiger partial charge in [0.15, 0.2) is 5.01 Å². The summed E-state index contributed by atoms with van der Waals surface area (Å²) in [6, 6.07) is 7.44. The Kier molecular flexibility index (Phi) is 3.53. The molecule has 2 aromatic rings. The molecule has 5 nitrogen and oxygen atoms in total. The molecule has 19 heavy (non-hydrogen) atoms. The molecule has 0 aliphatic heterocycles. The Morgan fingerprint density at radius 1 is 1.26 bits per heavy atom. The van der Waals surface area contributed by atoms with Crippen LogP contribution in [0.4, 0.5) is 10.8 Å². The largest absolute Gasteiger partial charge is 0.398 e. The van der Waals surface area contributed by atoms with Gasteiger partial charge in [0.2, 0.25) is 11.0 Å². The molecule has 0 fully saturated rings. The monoisotopic (exact) mass is 276 g/mol. The molecule has 1 aromatic carbocycles. The molecule has 0 aliphatic rings. The van der Waals surface area contributed by atoms with E-state index in [0.29, 0.717) is 15.8 Å². The highest BCUT2D eigenvalue weighted by Gasteiger charge is 2.22. The number of amides is 1. The van der Waals surface area contributed by atoms with Gasteiger partial charge in [-0.05, 0) is 12.1 Å². The molecule has 0 radical (unpaired) electrons. The predicted molar refractivity (Wildman–Crippen MR) is 77.8 cm³/mol. The Morgan fingerprint density at radius 3 is 2.58 bits per heavy atom. The van der Waals surface area contributed by atoms with E-state index in [9.17, 15) is 4.79 Å². The van der Waals surface area contributed by atoms with Crippen LogP contribution in [0, 0.1) is 5.41 Å². The number of rotatable bonds is 2. The summed E-state index contributed by atoms with van der Waals surface area (Å²) in [6.07, 6.45) is 0. The van der Waals surface area contributed by atoms with Gasteiger partial charge < -0.3 is 11.1 Å². The van der Waals surface area contributed by atoms with Gasteiger partial charge in [0.25, 0.3) is 0 Å². The summed E-state index contributed by atoms with van der Waals surface area (Å²) in [6.45, 7) is 5.54. The summed E-state index contributed by atoms with van der Waals surface area (Å²) in [5.74, 6) is -0.0868. The van der Waals surface area contributed by atoms with E-state index in [1.54, 1.807) is 0 Å². The topological polar surface area (TPSA) is 80.9 Å². The lowest BCUT2D eigenvalue weighted by Gasteiger charge is -2.15. The molecular weight excluding hydrogens is 260 g/mol. The molecule has 1 aromatic heterocycles. The lowest BCUT2D eigenvalue weighted by atomic mass is 9.96. The highest BCUT2D eigenvalue weighted by molar-refractivity contribution is 7.18. The van der Waals surface area contributed by atoms with Crippen molar-refractivity contribution in [2.45, 2.75) is 20.8 Å². The second-order valence-electron chi connectivity index (χ2n) is 5.20. The first kappa shape index (κ1) is 13.5. The Hall–Kier alpha value is -1.95. The average molecular weight is 276 g/mol. The fourth-order valence-corrected chi connectivity index (χ4v) is 2.14. The first-order valence-electron chi connectivity index (χ1n) is 5.88. The number of carbonyl (C=O) groups is 1. The Bertz CT molecular complexity index is 601. The van der Waals surface area contributed by atoms with Gasteiger partial charge in [0, 0.05) is 16.7 Å². The van der Waals surface area contributed by atoms with Crippen molar-refractivity contribution in [3.8, 4) is 10.6 Å². The smallest absolute Gasteiger partial charge is 0.231 e. The van der Waals surface area contributed by atoms with Crippen molar-refractivity contribution < 1.29 is 4.79 Å². The van der Waals surface area contributed by atoms with Gasteiger partial charge in [-0.3, -0.25) is 4.79 Å². The zero-order chi connectivity index (χ0) is 14.0. The summed E-state index contributed by atoms with van der Waals surface area (Å²) in [7, 11) is 0. The second-order valence-corrected chi connectivity index (χ2v) is 6.18. The zero-order valence-corrected chi connectivity index (χ0v) is 11.9. The normalized spacial score (nSPS) is 11.3. The van der Waals surface area contributed by atoms with Crippen LogP contribution in [0.3, 0.4) is 0 Å². The Balaban J connectivity index is 2.21. The number of para-hydroxylation sites is 1. The fraction of sp³-hybridized carbons (Fsp3) is 0.308. The Morgan fingerprint density at radius 2 is 1.95 bits per heavy atom. The van der Waals surface area contributed by atoms with E-state index < -0.39 is 5.41 Å². The van der Waals surface area contributed by atoms with Crippen LogP contribution < -0.4 is 11.1 Å². The predicted octanol–water partition coefficient (Wildman–Crippen LogP) is 2.77. The number of hydrogen-bond donors (Lipinski definition) is 2. The highest BCUT2D eigenvalue weighted by Crippen LogP contribution is 2.30. The first-order valence-corrected chi connectivity index (χ1v) is 6.69. The lowest BCUT2D eigenvalue weighted by Crippen LogP contribution is -2.27. The maximum Gasteiger partial charge on any atom is 0.231 e. The average Bonchev–Trinajstić information content (AvgIpc) is 2.76. The maximum absolute atomic E-state index is 11.8. The minimum atomic E-state index is -0.461. The van der Waals surface area contributed by atoms with E-state index in [4.69, 9.17) is 5.73 Å². The molecule has 0 saturated heterocycles. The maximum atomic E-state index is 11.8. The standard InChI is InChI=1S/C13H16N4OS/c1-13(2,3)11(18)15-12-17-16-10(19-12)8-6-4-5-7-9(8)14/h4-7H,14H2,1-3H3,(H,15,17,18). The minimum absolute atomic E-state index is 0.0868. The van der Waals surface area contributed by atoms with Crippen molar-refractivity contribution in [1.29, 1.82) is 0 Å². The lowest BCUT2D eigenvalue weighted by molar-refractivity contribution is -0.123. The van der Waals surface area contributed by atoms with E-state index >= 15 is 0 Å². The van der Waals surface area contributed by atoms with E-state index in [1.165, 1.54) is 11.3 Å². The third kappa shape index (κ3) is 3.08. The summed E-state index contributed by atoms with van der Waals surface area (Å²) in [4.78, 5) is 11.8. The van der Waals surface area contributed by atoms with E-state index in [-0.39, 0.29) is 5.91 Å². The van der Waals surface area contributed by atoms with Gasteiger partial charge in [0.05, 0.1) is 0 Å². The van der Waals surface area contributed by atoms with Crippen molar-refractivity contribution in [1.82, 2.24) is 10.2 Å². The molecule has 0 bridgehead atoms. The van der Waals surface area contributed by atoms with Gasteiger partial charge in [-0.25, -0.2) is 0 Å². The number of nitrogens with one attached hydrogen (secondary N) is 1. The molecule has 0 spiro atoms. The van der Waals surface area contributed by atoms with Crippen molar-refractivity contribution >= 4 is 28.1 Å². The van der Waals surface area contributed by atoms with Crippen LogP contribution in [0.5, 0.6) is 0 Å². The fourth-order valence-electron chi connectivity index (χ4n) is 1.36. The molecular formula is C13H16N4OS. The number of hydrogen-bond acceptors (Lipinski definition) is 5. The zero-order valence-electron chi connectivity index (χ0n) is 11.1. The summed E-state index contributed by atoms with van der Waals surface area (Å²) in [5, 5.41) is 12.0. The molecule has 1 amide bonds. The van der Waals surface area contributed by atoms with Crippen LogP contribution in [0.15, 0.2) is 24.3 Å². The van der Waals surface area contributed by atoms with Crippen molar-refractivity contribution in [3.63, 3.8) is 0 Å². The van der Waals surface area contributed by atoms with Gasteiger partial charge in [0.1, 0.15) is 0 Å². The second kappa shape index (κ2) is 4.97. The van der Waals surface area contributed by atoms with Crippen LogP contribution in [0.25, 0.3) is 10.6 Å². The number of nitrogen functional groups attached to an aromatic ring is 1. The molecule has 0 atom stereocenters. The number of benzene rings is 1. The number of nitrogens with zero attached hydrogens (tertiary/aromatic N) is 2. The SMILES string of the molecule is CC(C)(C)C(=O)Nc1nnc(-c2ccccc2N)s1. The highest BCUT2D eigenvalue weighted by atomic mass is 32.1. The molecule has 0 saturated carbocycles. The van der Waals surface area contributed by atoms with Crippen molar-refractivity contribution in [2.24, 2.45) is 5.41 Å². The third-order valence-electron chi connectivity index (χ3n) is 2.52. The minimum Gasteiger partial charge on any atom is -0.398 e. The number of nitrogens with two attached hydrogens (primary N) is 1. The number of carbonyl (C=O) groups excluding carboxylic acids is 1. The molecule has 1 heterocycles. The molecule has 6 heteroatoms. The van der Waals surface area contributed by atoms with Crippen LogP contribution in [-0.2, 0) is 4.79 Å². The number of anilines is 2. The summed E-state index contributed by atoms with van der Waals surface area (Å²) in [5.41, 5.74) is 6.90. The summed E-state index contributed by atoms with van der Waals surface area (Å²) < 4.78 is 0. The first-order chi connectivity index (χ1) is 8.88. The van der Waals surface area contributed by atoms with E-state index in [2.05, 4.69) is 15.5 Å². The van der Waals surface area contributed by atoms with Crippen LogP contribution in [0.1, 0.15) is 20.8 Å². The van der Waals surface area contributed by atoms with Crippen molar-refractivity contribution in [2.75, 3.05) is 11.1 Å². The van der Waals surface area contributed by atoms with E-state index in [1.807, 2.05) is 45.0 Å². The van der Waals surface area contributed by atoms with Gasteiger partial charge >= 0.3 is 0 Å².